The number of rotatable bonds is 6. The zero-order valence-electron chi connectivity index (χ0n) is 16.6. The van der Waals surface area contributed by atoms with E-state index in [-0.39, 0.29) is 30.9 Å². The van der Waals surface area contributed by atoms with Gasteiger partial charge in [0.15, 0.2) is 17.4 Å². The molecule has 0 saturated carbocycles. The van der Waals surface area contributed by atoms with Crippen LogP contribution in [-0.4, -0.2) is 31.0 Å². The van der Waals surface area contributed by atoms with Gasteiger partial charge in [-0.3, -0.25) is 4.79 Å². The summed E-state index contributed by atoms with van der Waals surface area (Å²) in [5.74, 6) is -2.95. The second-order valence-electron chi connectivity index (χ2n) is 7.31. The number of carbonyl (C=O) groups is 1. The number of ketones is 1. The molecule has 0 saturated heterocycles. The molecule has 5 nitrogen and oxygen atoms in total. The molecule has 1 N–H and O–H groups in total. The third-order valence-corrected chi connectivity index (χ3v) is 7.03. The van der Waals surface area contributed by atoms with E-state index < -0.39 is 56.0 Å². The van der Waals surface area contributed by atoms with Crippen LogP contribution in [0.15, 0.2) is 29.2 Å². The molecule has 0 fully saturated rings. The first-order valence-corrected chi connectivity index (χ1v) is 11.3. The highest BCUT2D eigenvalue weighted by Crippen LogP contribution is 2.36. The molecule has 1 aromatic heterocycles. The maximum absolute atomic E-state index is 13.5. The van der Waals surface area contributed by atoms with Gasteiger partial charge >= 0.3 is 6.18 Å². The smallest absolute Gasteiger partial charge is 0.336 e. The fourth-order valence-corrected chi connectivity index (χ4v) is 5.46. The summed E-state index contributed by atoms with van der Waals surface area (Å²) in [6.07, 6.45) is -1.17. The summed E-state index contributed by atoms with van der Waals surface area (Å²) in [4.78, 5) is 12.4. The third-order valence-electron chi connectivity index (χ3n) is 4.93. The van der Waals surface area contributed by atoms with Gasteiger partial charge in [0.05, 0.1) is 10.7 Å². The van der Waals surface area contributed by atoms with E-state index >= 15 is 0 Å². The van der Waals surface area contributed by atoms with Crippen LogP contribution in [0.3, 0.4) is 0 Å². The van der Waals surface area contributed by atoms with Gasteiger partial charge in [0.2, 0.25) is 10.0 Å². The lowest BCUT2D eigenvalue weighted by Gasteiger charge is -2.17. The molecule has 2 heterocycles. The minimum atomic E-state index is -4.84. The molecule has 1 aromatic carbocycles. The Hall–Kier alpha value is -2.24. The Bertz CT molecular complexity index is 1190. The van der Waals surface area contributed by atoms with E-state index in [4.69, 9.17) is 11.6 Å². The van der Waals surface area contributed by atoms with Gasteiger partial charge in [-0.1, -0.05) is 31.2 Å². The number of nitrogens with one attached hydrogen (secondary N) is 1. The minimum absolute atomic E-state index is 0. The van der Waals surface area contributed by atoms with Gasteiger partial charge in [-0.25, -0.2) is 17.2 Å². The SMILES string of the molecule is C.C[C@@H](NS(=O)(=O)c1c(Cl)c(C(=O)Cc2ccc(F)c(F)c2)n2c1C=CCCC2)C(F)(F)F. The van der Waals surface area contributed by atoms with Crippen LogP contribution in [0.4, 0.5) is 22.0 Å². The number of nitrogens with zero attached hydrogens (tertiary/aromatic N) is 1. The normalized spacial score (nSPS) is 14.9. The number of fused-ring (bicyclic) bond motifs is 1. The Morgan fingerprint density at radius 2 is 1.91 bits per heavy atom. The molecule has 0 aliphatic carbocycles. The average Bonchev–Trinajstić information content (AvgIpc) is 2.80. The van der Waals surface area contributed by atoms with Crippen LogP contribution in [-0.2, 0) is 23.0 Å². The molecule has 182 valence electrons. The lowest BCUT2D eigenvalue weighted by molar-refractivity contribution is -0.147. The maximum Gasteiger partial charge on any atom is 0.404 e. The van der Waals surface area contributed by atoms with Gasteiger partial charge in [0.25, 0.3) is 0 Å². The fraction of sp³-hybridized carbons (Fsp3) is 0.381. The van der Waals surface area contributed by atoms with Crippen molar-refractivity contribution in [2.45, 2.75) is 57.3 Å². The molecule has 1 aliphatic rings. The molecule has 0 unspecified atom stereocenters. The van der Waals surface area contributed by atoms with Gasteiger partial charge < -0.3 is 4.57 Å². The first-order valence-electron chi connectivity index (χ1n) is 9.47. The average molecular weight is 513 g/mol. The maximum atomic E-state index is 13.5. The topological polar surface area (TPSA) is 68.2 Å². The predicted molar refractivity (Wildman–Crippen MR) is 115 cm³/mol. The van der Waals surface area contributed by atoms with Crippen molar-refractivity contribution in [1.29, 1.82) is 0 Å². The number of carbonyl (C=O) groups excluding carboxylic acids is 1. The number of benzene rings is 1. The van der Waals surface area contributed by atoms with Crippen molar-refractivity contribution >= 4 is 33.5 Å². The van der Waals surface area contributed by atoms with E-state index in [2.05, 4.69) is 0 Å². The van der Waals surface area contributed by atoms with E-state index in [9.17, 15) is 35.2 Å². The molecular weight excluding hydrogens is 491 g/mol. The Morgan fingerprint density at radius 1 is 1.24 bits per heavy atom. The van der Waals surface area contributed by atoms with Crippen molar-refractivity contribution in [1.82, 2.24) is 9.29 Å². The first-order chi connectivity index (χ1) is 14.8. The zero-order chi connectivity index (χ0) is 23.8. The summed E-state index contributed by atoms with van der Waals surface area (Å²) >= 11 is 6.26. The number of hydrogen-bond donors (Lipinski definition) is 1. The van der Waals surface area contributed by atoms with E-state index in [0.29, 0.717) is 19.8 Å². The number of Topliss-reactive ketones (excluding diaryl/α,β-unsaturated/α-hetero) is 1. The predicted octanol–water partition coefficient (Wildman–Crippen LogP) is 5.52. The summed E-state index contributed by atoms with van der Waals surface area (Å²) in [6.45, 7) is 0.830. The zero-order valence-corrected chi connectivity index (χ0v) is 18.2. The van der Waals surface area contributed by atoms with Crippen LogP contribution in [0.5, 0.6) is 0 Å². The van der Waals surface area contributed by atoms with Crippen molar-refractivity contribution in [3.05, 3.63) is 57.9 Å². The Morgan fingerprint density at radius 3 is 2.52 bits per heavy atom. The van der Waals surface area contributed by atoms with Gasteiger partial charge in [0.1, 0.15) is 16.6 Å². The number of hydrogen-bond acceptors (Lipinski definition) is 3. The fourth-order valence-electron chi connectivity index (χ4n) is 3.35. The molecule has 0 amide bonds. The molecule has 0 spiro atoms. The standard InChI is InChI=1S/C20H18ClF5N2O3S.CH4/c1-11(20(24,25)26)27-32(30,31)19-15-5-3-2-4-8-28(15)18(17(19)21)16(29)10-12-6-7-13(22)14(23)9-12;/h3,5-7,9,11,27H,2,4,8,10H2,1H3;1H4/t11-;/m1./s1. The Labute approximate surface area is 193 Å². The van der Waals surface area contributed by atoms with Crippen LogP contribution in [0.2, 0.25) is 5.02 Å². The van der Waals surface area contributed by atoms with Crippen LogP contribution in [0.1, 0.15) is 48.9 Å². The second kappa shape index (κ2) is 9.94. The highest BCUT2D eigenvalue weighted by atomic mass is 35.5. The number of allylic oxidation sites excluding steroid dienone is 1. The molecule has 33 heavy (non-hydrogen) atoms. The Kier molecular flexibility index (Phi) is 8.14. The van der Waals surface area contributed by atoms with Crippen LogP contribution in [0.25, 0.3) is 6.08 Å². The number of alkyl halides is 3. The number of sulfonamides is 1. The van der Waals surface area contributed by atoms with Gasteiger partial charge in [0, 0.05) is 13.0 Å². The molecule has 2 aromatic rings. The quantitative estimate of drug-likeness (QED) is 0.409. The molecular formula is C21H22ClF5N2O3S. The molecule has 0 radical (unpaired) electrons. The van der Waals surface area contributed by atoms with Gasteiger partial charge in [-0.05, 0) is 43.5 Å². The van der Waals surface area contributed by atoms with Crippen LogP contribution < -0.4 is 4.72 Å². The largest absolute Gasteiger partial charge is 0.404 e. The van der Waals surface area contributed by atoms with E-state index in [1.54, 1.807) is 10.8 Å². The summed E-state index contributed by atoms with van der Waals surface area (Å²) in [7, 11) is -4.76. The highest BCUT2D eigenvalue weighted by Gasteiger charge is 2.41. The second-order valence-corrected chi connectivity index (χ2v) is 9.33. The molecule has 12 heteroatoms. The molecule has 3 rings (SSSR count). The Balaban J connectivity index is 0.00000385. The van der Waals surface area contributed by atoms with Crippen molar-refractivity contribution in [2.24, 2.45) is 0 Å². The minimum Gasteiger partial charge on any atom is -0.336 e. The van der Waals surface area contributed by atoms with E-state index in [1.165, 1.54) is 16.7 Å². The van der Waals surface area contributed by atoms with Crippen LogP contribution in [0, 0.1) is 11.6 Å². The van der Waals surface area contributed by atoms with Crippen molar-refractivity contribution in [3.8, 4) is 0 Å². The lowest BCUT2D eigenvalue weighted by Crippen LogP contribution is -2.43. The monoisotopic (exact) mass is 512 g/mol. The molecule has 1 aliphatic heterocycles. The summed E-state index contributed by atoms with van der Waals surface area (Å²) < 4.78 is 94.1. The van der Waals surface area contributed by atoms with Crippen molar-refractivity contribution in [2.75, 3.05) is 0 Å². The summed E-state index contributed by atoms with van der Waals surface area (Å²) in [5, 5.41) is -0.527. The number of halogens is 6. The molecule has 0 bridgehead atoms. The van der Waals surface area contributed by atoms with E-state index in [1.807, 2.05) is 0 Å². The summed E-state index contributed by atoms with van der Waals surface area (Å²) in [6, 6.07) is 0.479. The van der Waals surface area contributed by atoms with Crippen molar-refractivity contribution < 1.29 is 35.2 Å². The number of aromatic nitrogens is 1. The summed E-state index contributed by atoms with van der Waals surface area (Å²) in [5.41, 5.74) is -0.126. The van der Waals surface area contributed by atoms with Gasteiger partial charge in [-0.2, -0.15) is 17.9 Å². The van der Waals surface area contributed by atoms with Crippen molar-refractivity contribution in [3.63, 3.8) is 0 Å². The van der Waals surface area contributed by atoms with Crippen LogP contribution >= 0.6 is 11.6 Å². The first kappa shape index (κ1) is 27.0. The highest BCUT2D eigenvalue weighted by molar-refractivity contribution is 7.89. The van der Waals surface area contributed by atoms with E-state index in [0.717, 1.165) is 12.1 Å². The van der Waals surface area contributed by atoms with Gasteiger partial charge in [-0.15, -0.1) is 0 Å². The molecule has 1 atom stereocenters. The third kappa shape index (κ3) is 5.64. The lowest BCUT2D eigenvalue weighted by atomic mass is 10.1.